The van der Waals surface area contributed by atoms with Crippen LogP contribution in [0.5, 0.6) is 0 Å². The molecule has 0 spiro atoms. The second-order valence-electron chi connectivity index (χ2n) is 7.86. The van der Waals surface area contributed by atoms with Crippen LogP contribution in [0.2, 0.25) is 0 Å². The molecule has 0 aromatic carbocycles. The lowest BCUT2D eigenvalue weighted by molar-refractivity contribution is 0.0509. The zero-order valence-corrected chi connectivity index (χ0v) is 14.1. The SMILES string of the molecule is CCCNC1CCCCCCC1N1CCCC(C)(C)C1. The van der Waals surface area contributed by atoms with Crippen molar-refractivity contribution >= 4 is 0 Å². The van der Waals surface area contributed by atoms with Gasteiger partial charge in [-0.2, -0.15) is 0 Å². The molecule has 2 fully saturated rings. The highest BCUT2D eigenvalue weighted by Crippen LogP contribution is 2.32. The van der Waals surface area contributed by atoms with E-state index in [9.17, 15) is 0 Å². The van der Waals surface area contributed by atoms with E-state index < -0.39 is 0 Å². The average Bonchev–Trinajstić information content (AvgIpc) is 2.36. The molecule has 0 radical (unpaired) electrons. The molecule has 20 heavy (non-hydrogen) atoms. The maximum absolute atomic E-state index is 3.87. The van der Waals surface area contributed by atoms with E-state index in [1.165, 1.54) is 77.4 Å². The van der Waals surface area contributed by atoms with Crippen molar-refractivity contribution in [3.63, 3.8) is 0 Å². The van der Waals surface area contributed by atoms with Crippen molar-refractivity contribution in [2.75, 3.05) is 19.6 Å². The van der Waals surface area contributed by atoms with E-state index in [1.807, 2.05) is 0 Å². The molecular formula is C18H36N2. The van der Waals surface area contributed by atoms with Crippen LogP contribution in [0.3, 0.4) is 0 Å². The molecule has 0 amide bonds. The van der Waals surface area contributed by atoms with Crippen molar-refractivity contribution in [1.82, 2.24) is 10.2 Å². The summed E-state index contributed by atoms with van der Waals surface area (Å²) in [6.45, 7) is 11.0. The topological polar surface area (TPSA) is 15.3 Å². The maximum Gasteiger partial charge on any atom is 0.0249 e. The minimum Gasteiger partial charge on any atom is -0.312 e. The van der Waals surface area contributed by atoms with Gasteiger partial charge in [-0.3, -0.25) is 4.90 Å². The second-order valence-corrected chi connectivity index (χ2v) is 7.86. The lowest BCUT2D eigenvalue weighted by Crippen LogP contribution is -2.54. The van der Waals surface area contributed by atoms with E-state index in [-0.39, 0.29) is 0 Å². The fraction of sp³-hybridized carbons (Fsp3) is 1.00. The van der Waals surface area contributed by atoms with Crippen molar-refractivity contribution in [2.24, 2.45) is 5.41 Å². The molecule has 118 valence electrons. The summed E-state index contributed by atoms with van der Waals surface area (Å²) in [5.74, 6) is 0. The zero-order chi connectivity index (χ0) is 14.4. The van der Waals surface area contributed by atoms with Crippen molar-refractivity contribution in [3.05, 3.63) is 0 Å². The summed E-state index contributed by atoms with van der Waals surface area (Å²) in [7, 11) is 0. The number of likely N-dealkylation sites (tertiary alicyclic amines) is 1. The molecule has 0 aromatic heterocycles. The predicted octanol–water partition coefficient (Wildman–Crippen LogP) is 4.20. The number of hydrogen-bond acceptors (Lipinski definition) is 2. The molecule has 1 heterocycles. The maximum atomic E-state index is 3.87. The van der Waals surface area contributed by atoms with Gasteiger partial charge in [0.05, 0.1) is 0 Å². The van der Waals surface area contributed by atoms with Crippen LogP contribution in [0.1, 0.15) is 78.6 Å². The monoisotopic (exact) mass is 280 g/mol. The first-order valence-corrected chi connectivity index (χ1v) is 9.10. The van der Waals surface area contributed by atoms with Gasteiger partial charge in [-0.25, -0.2) is 0 Å². The fourth-order valence-corrected chi connectivity index (χ4v) is 4.22. The van der Waals surface area contributed by atoms with Gasteiger partial charge in [-0.1, -0.05) is 46.5 Å². The Morgan fingerprint density at radius 1 is 1.05 bits per heavy atom. The number of nitrogens with one attached hydrogen (secondary N) is 1. The Bertz CT molecular complexity index is 273. The molecule has 0 bridgehead atoms. The molecule has 1 N–H and O–H groups in total. The van der Waals surface area contributed by atoms with Gasteiger partial charge in [-0.15, -0.1) is 0 Å². The summed E-state index contributed by atoms with van der Waals surface area (Å²) in [5, 5.41) is 3.87. The third kappa shape index (κ3) is 4.73. The molecule has 0 aromatic rings. The summed E-state index contributed by atoms with van der Waals surface area (Å²) >= 11 is 0. The lowest BCUT2D eigenvalue weighted by atomic mass is 9.81. The van der Waals surface area contributed by atoms with E-state index in [0.717, 1.165) is 12.1 Å². The van der Waals surface area contributed by atoms with Gasteiger partial charge in [0.15, 0.2) is 0 Å². The first-order chi connectivity index (χ1) is 9.62. The summed E-state index contributed by atoms with van der Waals surface area (Å²) in [5.41, 5.74) is 0.524. The number of rotatable bonds is 4. The van der Waals surface area contributed by atoms with Gasteiger partial charge < -0.3 is 5.32 Å². The average molecular weight is 280 g/mol. The molecule has 2 nitrogen and oxygen atoms in total. The fourth-order valence-electron chi connectivity index (χ4n) is 4.22. The van der Waals surface area contributed by atoms with Gasteiger partial charge in [0.1, 0.15) is 0 Å². The minimum atomic E-state index is 0.524. The molecule has 1 saturated heterocycles. The Kier molecular flexibility index (Phi) is 6.35. The Morgan fingerprint density at radius 2 is 1.80 bits per heavy atom. The Balaban J connectivity index is 2.01. The predicted molar refractivity (Wildman–Crippen MR) is 88.2 cm³/mol. The Morgan fingerprint density at radius 3 is 2.50 bits per heavy atom. The number of nitrogens with zero attached hydrogens (tertiary/aromatic N) is 1. The Labute approximate surface area is 126 Å². The quantitative estimate of drug-likeness (QED) is 0.830. The van der Waals surface area contributed by atoms with Gasteiger partial charge in [0.25, 0.3) is 0 Å². The zero-order valence-electron chi connectivity index (χ0n) is 14.1. The minimum absolute atomic E-state index is 0.524. The summed E-state index contributed by atoms with van der Waals surface area (Å²) in [6.07, 6.45) is 12.6. The van der Waals surface area contributed by atoms with Crippen LogP contribution in [0, 0.1) is 5.41 Å². The van der Waals surface area contributed by atoms with Crippen molar-refractivity contribution in [2.45, 2.75) is 90.6 Å². The second kappa shape index (κ2) is 7.79. The van der Waals surface area contributed by atoms with E-state index in [2.05, 4.69) is 31.0 Å². The molecular weight excluding hydrogens is 244 g/mol. The normalized spacial score (nSPS) is 32.5. The molecule has 2 heteroatoms. The first kappa shape index (κ1) is 16.3. The highest BCUT2D eigenvalue weighted by molar-refractivity contribution is 4.90. The van der Waals surface area contributed by atoms with Gasteiger partial charge >= 0.3 is 0 Å². The lowest BCUT2D eigenvalue weighted by Gasteiger charge is -2.46. The molecule has 1 aliphatic carbocycles. The van der Waals surface area contributed by atoms with Gasteiger partial charge in [-0.05, 0) is 50.6 Å². The standard InChI is InChI=1S/C18H36N2/c1-4-13-19-16-10-7-5-6-8-11-17(16)20-14-9-12-18(2,3)15-20/h16-17,19H,4-15H2,1-3H3. The Hall–Kier alpha value is -0.0800. The largest absolute Gasteiger partial charge is 0.312 e. The van der Waals surface area contributed by atoms with Crippen LogP contribution < -0.4 is 5.32 Å². The van der Waals surface area contributed by atoms with E-state index >= 15 is 0 Å². The highest BCUT2D eigenvalue weighted by Gasteiger charge is 2.34. The molecule has 2 aliphatic rings. The molecule has 1 aliphatic heterocycles. The molecule has 1 saturated carbocycles. The highest BCUT2D eigenvalue weighted by atomic mass is 15.2. The van der Waals surface area contributed by atoms with Crippen molar-refractivity contribution in [1.29, 1.82) is 0 Å². The number of piperidine rings is 1. The third-order valence-electron chi connectivity index (χ3n) is 5.29. The van der Waals surface area contributed by atoms with Crippen LogP contribution in [0.15, 0.2) is 0 Å². The first-order valence-electron chi connectivity index (χ1n) is 9.10. The van der Waals surface area contributed by atoms with Crippen molar-refractivity contribution < 1.29 is 0 Å². The molecule has 2 atom stereocenters. The van der Waals surface area contributed by atoms with E-state index in [0.29, 0.717) is 5.41 Å². The third-order valence-corrected chi connectivity index (χ3v) is 5.29. The smallest absolute Gasteiger partial charge is 0.0249 e. The van der Waals surface area contributed by atoms with Crippen LogP contribution >= 0.6 is 0 Å². The van der Waals surface area contributed by atoms with E-state index in [4.69, 9.17) is 0 Å². The summed E-state index contributed by atoms with van der Waals surface area (Å²) < 4.78 is 0. The van der Waals surface area contributed by atoms with Crippen LogP contribution in [0.25, 0.3) is 0 Å². The summed E-state index contributed by atoms with van der Waals surface area (Å²) in [4.78, 5) is 2.84. The van der Waals surface area contributed by atoms with Crippen LogP contribution in [0.4, 0.5) is 0 Å². The van der Waals surface area contributed by atoms with E-state index in [1.54, 1.807) is 0 Å². The number of hydrogen-bond donors (Lipinski definition) is 1. The van der Waals surface area contributed by atoms with Crippen LogP contribution in [-0.4, -0.2) is 36.6 Å². The van der Waals surface area contributed by atoms with Crippen LogP contribution in [-0.2, 0) is 0 Å². The molecule has 2 unspecified atom stereocenters. The van der Waals surface area contributed by atoms with Gasteiger partial charge in [0, 0.05) is 18.6 Å². The van der Waals surface area contributed by atoms with Crippen molar-refractivity contribution in [3.8, 4) is 0 Å². The molecule has 2 rings (SSSR count). The summed E-state index contributed by atoms with van der Waals surface area (Å²) in [6, 6.07) is 1.53. The van der Waals surface area contributed by atoms with Gasteiger partial charge in [0.2, 0.25) is 0 Å².